The van der Waals surface area contributed by atoms with Gasteiger partial charge < -0.3 is 4.74 Å². The summed E-state index contributed by atoms with van der Waals surface area (Å²) in [6.07, 6.45) is 0. The lowest BCUT2D eigenvalue weighted by Crippen LogP contribution is -2.28. The number of nitrogens with zero attached hydrogens (tertiary/aromatic N) is 1. The molecule has 0 aliphatic carbocycles. The molecule has 0 spiro atoms. The Hall–Kier alpha value is 0.0400. The van der Waals surface area contributed by atoms with E-state index >= 15 is 0 Å². The Labute approximate surface area is 167 Å². The maximum Gasteiger partial charge on any atom is 0.349 e. The molecule has 0 saturated heterocycles. The molecule has 23 heavy (non-hydrogen) atoms. The fourth-order valence-corrected chi connectivity index (χ4v) is 2.88. The summed E-state index contributed by atoms with van der Waals surface area (Å²) < 4.78 is 5.22. The van der Waals surface area contributed by atoms with E-state index in [1.165, 1.54) is 0 Å². The van der Waals surface area contributed by atoms with E-state index in [1.54, 1.807) is 26.8 Å². The number of carbonyl (C=O) groups excluding carboxylic acids is 1. The average molecular weight is 435 g/mol. The largest absolute Gasteiger partial charge is 0.456 e. The van der Waals surface area contributed by atoms with E-state index in [0.717, 1.165) is 11.1 Å². The standard InChI is InChI=1S/C14H15Cl4NO2S2/c1-14(2,3)21-13(20)7(6-19)10(11(22)8(17)4-15)12(23)9(18)5-16/h4-5,11-12,22-23H,1-3H3/b8-4-,9-5+,10-7?. The summed E-state index contributed by atoms with van der Waals surface area (Å²) in [5, 5.41) is 7.80. The highest BCUT2D eigenvalue weighted by Crippen LogP contribution is 2.35. The van der Waals surface area contributed by atoms with Gasteiger partial charge in [-0.1, -0.05) is 46.4 Å². The van der Waals surface area contributed by atoms with E-state index < -0.39 is 22.1 Å². The lowest BCUT2D eigenvalue weighted by atomic mass is 10.0. The molecule has 128 valence electrons. The molecule has 0 rings (SSSR count). The van der Waals surface area contributed by atoms with Crippen molar-refractivity contribution in [3.63, 3.8) is 0 Å². The van der Waals surface area contributed by atoms with Gasteiger partial charge in [-0.3, -0.25) is 0 Å². The molecule has 0 aromatic carbocycles. The second-order valence-corrected chi connectivity index (χ2v) is 7.58. The normalized spacial score (nSPS) is 17.0. The lowest BCUT2D eigenvalue weighted by Gasteiger charge is -2.24. The van der Waals surface area contributed by atoms with E-state index in [4.69, 9.17) is 51.1 Å². The number of rotatable bonds is 5. The first-order chi connectivity index (χ1) is 10.5. The van der Waals surface area contributed by atoms with Gasteiger partial charge in [0, 0.05) is 21.1 Å². The van der Waals surface area contributed by atoms with Gasteiger partial charge >= 0.3 is 5.97 Å². The summed E-state index contributed by atoms with van der Waals surface area (Å²) >= 11 is 31.7. The molecule has 2 atom stereocenters. The van der Waals surface area contributed by atoms with Gasteiger partial charge in [-0.2, -0.15) is 30.5 Å². The zero-order chi connectivity index (χ0) is 18.4. The Morgan fingerprint density at radius 1 is 1.13 bits per heavy atom. The van der Waals surface area contributed by atoms with Crippen LogP contribution >= 0.6 is 71.7 Å². The van der Waals surface area contributed by atoms with Gasteiger partial charge in [-0.25, -0.2) is 4.79 Å². The van der Waals surface area contributed by atoms with Crippen molar-refractivity contribution in [1.82, 2.24) is 0 Å². The number of ether oxygens (including phenoxy) is 1. The summed E-state index contributed by atoms with van der Waals surface area (Å²) in [4.78, 5) is 12.3. The molecular weight excluding hydrogens is 420 g/mol. The highest BCUT2D eigenvalue weighted by Gasteiger charge is 2.31. The SMILES string of the molecule is CC(C)(C)OC(=O)C(C#N)=C(C(S)/C(Cl)=C/Cl)C(S)/C(Cl)=C\Cl. The monoisotopic (exact) mass is 433 g/mol. The van der Waals surface area contributed by atoms with Crippen LogP contribution in [0, 0.1) is 11.3 Å². The van der Waals surface area contributed by atoms with Crippen LogP contribution in [0.4, 0.5) is 0 Å². The number of esters is 1. The number of halogens is 4. The van der Waals surface area contributed by atoms with Crippen LogP contribution < -0.4 is 0 Å². The molecule has 0 radical (unpaired) electrons. The number of carbonyl (C=O) groups is 1. The summed E-state index contributed by atoms with van der Waals surface area (Å²) in [5.74, 6) is -0.842. The van der Waals surface area contributed by atoms with Crippen LogP contribution in [-0.4, -0.2) is 22.1 Å². The van der Waals surface area contributed by atoms with E-state index in [1.807, 2.05) is 0 Å². The zero-order valence-corrected chi connectivity index (χ0v) is 17.3. The Balaban J connectivity index is 6.25. The Bertz CT molecular complexity index is 563. The summed E-state index contributed by atoms with van der Waals surface area (Å²) in [5.41, 5.74) is 1.16. The Morgan fingerprint density at radius 2 is 1.52 bits per heavy atom. The van der Waals surface area contributed by atoms with Gasteiger partial charge in [0.05, 0.1) is 10.5 Å². The topological polar surface area (TPSA) is 50.1 Å². The van der Waals surface area contributed by atoms with Crippen molar-refractivity contribution >= 4 is 77.6 Å². The number of hydrogen-bond acceptors (Lipinski definition) is 5. The van der Waals surface area contributed by atoms with E-state index in [2.05, 4.69) is 25.3 Å². The van der Waals surface area contributed by atoms with Crippen molar-refractivity contribution < 1.29 is 9.53 Å². The Kier molecular flexibility index (Phi) is 10.1. The summed E-state index contributed by atoms with van der Waals surface area (Å²) in [6.45, 7) is 5.02. The molecule has 0 aliphatic heterocycles. The third-order valence-corrected chi connectivity index (χ3v) is 5.09. The zero-order valence-electron chi connectivity index (χ0n) is 12.5. The number of hydrogen-bond donors (Lipinski definition) is 2. The van der Waals surface area contributed by atoms with Crippen molar-refractivity contribution in [3.8, 4) is 6.07 Å². The minimum atomic E-state index is -0.885. The molecule has 0 fully saturated rings. The molecule has 9 heteroatoms. The quantitative estimate of drug-likeness (QED) is 0.264. The molecule has 0 heterocycles. The first-order valence-electron chi connectivity index (χ1n) is 6.15. The van der Waals surface area contributed by atoms with Gasteiger partial charge in [-0.15, -0.1) is 0 Å². The van der Waals surface area contributed by atoms with Gasteiger partial charge in [0.1, 0.15) is 17.2 Å². The van der Waals surface area contributed by atoms with Gasteiger partial charge in [0.25, 0.3) is 0 Å². The molecule has 0 amide bonds. The predicted octanol–water partition coefficient (Wildman–Crippen LogP) is 5.38. The van der Waals surface area contributed by atoms with Crippen LogP contribution in [0.5, 0.6) is 0 Å². The fourth-order valence-electron chi connectivity index (χ4n) is 1.40. The highest BCUT2D eigenvalue weighted by molar-refractivity contribution is 7.82. The molecule has 0 aliphatic rings. The molecule has 0 aromatic rings. The van der Waals surface area contributed by atoms with E-state index in [9.17, 15) is 10.1 Å². The Morgan fingerprint density at radius 3 is 1.78 bits per heavy atom. The molecule has 0 aromatic heterocycles. The summed E-state index contributed by atoms with van der Waals surface area (Å²) in [6, 6.07) is 1.79. The number of thiol groups is 2. The molecular formula is C14H15Cl4NO2S2. The van der Waals surface area contributed by atoms with Gasteiger partial charge in [0.2, 0.25) is 0 Å². The first kappa shape index (κ1) is 23.0. The van der Waals surface area contributed by atoms with Gasteiger partial charge in [0.15, 0.2) is 0 Å². The second kappa shape index (κ2) is 10.1. The predicted molar refractivity (Wildman–Crippen MR) is 104 cm³/mol. The molecule has 2 unspecified atom stereocenters. The fraction of sp³-hybridized carbons (Fsp3) is 0.429. The minimum Gasteiger partial charge on any atom is -0.456 e. The van der Waals surface area contributed by atoms with E-state index in [-0.39, 0.29) is 21.2 Å². The minimum absolute atomic E-state index is 0.0828. The third kappa shape index (κ3) is 7.21. The van der Waals surface area contributed by atoms with Crippen molar-refractivity contribution in [2.45, 2.75) is 36.9 Å². The summed E-state index contributed by atoms with van der Waals surface area (Å²) in [7, 11) is 0. The van der Waals surface area contributed by atoms with Crippen molar-refractivity contribution in [2.24, 2.45) is 0 Å². The maximum atomic E-state index is 12.3. The first-order valence-corrected chi connectivity index (χ1v) is 8.81. The maximum absolute atomic E-state index is 12.3. The van der Waals surface area contributed by atoms with Crippen LogP contribution in [0.15, 0.2) is 32.3 Å². The van der Waals surface area contributed by atoms with Crippen molar-refractivity contribution in [1.29, 1.82) is 5.26 Å². The molecule has 0 N–H and O–H groups in total. The molecule has 3 nitrogen and oxygen atoms in total. The van der Waals surface area contributed by atoms with E-state index in [0.29, 0.717) is 0 Å². The number of nitriles is 1. The average Bonchev–Trinajstić information content (AvgIpc) is 2.47. The van der Waals surface area contributed by atoms with Crippen LogP contribution in [0.25, 0.3) is 0 Å². The smallest absolute Gasteiger partial charge is 0.349 e. The van der Waals surface area contributed by atoms with Crippen LogP contribution in [0.3, 0.4) is 0 Å². The van der Waals surface area contributed by atoms with Gasteiger partial charge in [-0.05, 0) is 26.3 Å². The van der Waals surface area contributed by atoms with Crippen molar-refractivity contribution in [2.75, 3.05) is 0 Å². The molecule has 0 bridgehead atoms. The van der Waals surface area contributed by atoms with Crippen LogP contribution in [-0.2, 0) is 9.53 Å². The highest BCUT2D eigenvalue weighted by atomic mass is 35.5. The second-order valence-electron chi connectivity index (χ2n) is 5.24. The third-order valence-electron chi connectivity index (χ3n) is 2.32. The lowest BCUT2D eigenvalue weighted by molar-refractivity contribution is -0.149. The molecule has 0 saturated carbocycles. The van der Waals surface area contributed by atoms with Crippen molar-refractivity contribution in [3.05, 3.63) is 32.3 Å². The van der Waals surface area contributed by atoms with Crippen LogP contribution in [0.2, 0.25) is 0 Å². The van der Waals surface area contributed by atoms with Crippen LogP contribution in [0.1, 0.15) is 20.8 Å².